The van der Waals surface area contributed by atoms with E-state index < -0.39 is 17.4 Å². The highest BCUT2D eigenvalue weighted by Crippen LogP contribution is 2.27. The van der Waals surface area contributed by atoms with Gasteiger partial charge < -0.3 is 5.32 Å². The Hall–Kier alpha value is -1.62. The molecule has 1 aromatic rings. The Morgan fingerprint density at radius 2 is 2.12 bits per heavy atom. The maximum Gasteiger partial charge on any atom is 0.296 e. The van der Waals surface area contributed by atoms with Crippen molar-refractivity contribution < 1.29 is 9.72 Å². The Kier molecular flexibility index (Phi) is 3.84. The minimum atomic E-state index is -0.760. The molecule has 0 aromatic heterocycles. The Bertz CT molecular complexity index is 423. The number of anilines is 1. The van der Waals surface area contributed by atoms with E-state index in [-0.39, 0.29) is 0 Å². The molecule has 0 saturated carbocycles. The smallest absolute Gasteiger partial charge is 0.296 e. The fraction of sp³-hybridized carbons (Fsp3) is 0.300. The molecule has 0 heterocycles. The highest BCUT2D eigenvalue weighted by atomic mass is 35.5. The number of rotatable bonds is 3. The maximum absolute atomic E-state index is 11.2. The van der Waals surface area contributed by atoms with Gasteiger partial charge in [-0.2, -0.15) is 0 Å². The van der Waals surface area contributed by atoms with Crippen LogP contribution in [0.2, 0.25) is 5.02 Å². The largest absolute Gasteiger partial charge is 0.319 e. The highest BCUT2D eigenvalue weighted by Gasteiger charge is 2.13. The number of aryl methyl sites for hydroxylation is 2. The predicted molar refractivity (Wildman–Crippen MR) is 61.4 cm³/mol. The molecule has 0 unspecified atom stereocenters. The van der Waals surface area contributed by atoms with Gasteiger partial charge in [-0.15, -0.1) is 0 Å². The van der Waals surface area contributed by atoms with Crippen LogP contribution in [-0.2, 0) is 4.79 Å². The Morgan fingerprint density at radius 3 is 2.62 bits per heavy atom. The third-order valence-corrected chi connectivity index (χ3v) is 2.27. The summed E-state index contributed by atoms with van der Waals surface area (Å²) >= 11 is 5.93. The first kappa shape index (κ1) is 12.4. The van der Waals surface area contributed by atoms with Crippen molar-refractivity contribution in [2.45, 2.75) is 13.8 Å². The Labute approximate surface area is 97.6 Å². The fourth-order valence-electron chi connectivity index (χ4n) is 1.37. The summed E-state index contributed by atoms with van der Waals surface area (Å²) in [6, 6.07) is 3.53. The number of nitro groups is 1. The summed E-state index contributed by atoms with van der Waals surface area (Å²) < 4.78 is 0. The normalized spacial score (nSPS) is 9.94. The van der Waals surface area contributed by atoms with Crippen LogP contribution in [0.3, 0.4) is 0 Å². The van der Waals surface area contributed by atoms with Crippen LogP contribution in [0.5, 0.6) is 0 Å². The van der Waals surface area contributed by atoms with Crippen molar-refractivity contribution in [2.75, 3.05) is 11.9 Å². The molecule has 5 nitrogen and oxygen atoms in total. The summed E-state index contributed by atoms with van der Waals surface area (Å²) in [7, 11) is 0. The summed E-state index contributed by atoms with van der Waals surface area (Å²) in [4.78, 5) is 20.6. The summed E-state index contributed by atoms with van der Waals surface area (Å²) in [5, 5.41) is 12.9. The van der Waals surface area contributed by atoms with Crippen LogP contribution in [0.1, 0.15) is 11.1 Å². The first-order chi connectivity index (χ1) is 7.40. The molecular formula is C10H11ClN2O3. The van der Waals surface area contributed by atoms with E-state index in [4.69, 9.17) is 11.6 Å². The van der Waals surface area contributed by atoms with Crippen LogP contribution in [0, 0.1) is 24.0 Å². The number of hydrogen-bond donors (Lipinski definition) is 1. The van der Waals surface area contributed by atoms with Crippen molar-refractivity contribution in [3.63, 3.8) is 0 Å². The molecule has 6 heteroatoms. The lowest BCUT2D eigenvalue weighted by atomic mass is 10.1. The molecule has 1 amide bonds. The minimum absolute atomic E-state index is 0.384. The van der Waals surface area contributed by atoms with Crippen molar-refractivity contribution in [1.29, 1.82) is 0 Å². The topological polar surface area (TPSA) is 72.2 Å². The second-order valence-electron chi connectivity index (χ2n) is 3.48. The number of amides is 1. The van der Waals surface area contributed by atoms with Gasteiger partial charge in [-0.1, -0.05) is 17.7 Å². The summed E-state index contributed by atoms with van der Waals surface area (Å²) in [5.74, 6) is -0.682. The summed E-state index contributed by atoms with van der Waals surface area (Å²) in [5.41, 5.74) is 2.18. The van der Waals surface area contributed by atoms with Crippen LogP contribution in [0.4, 0.5) is 5.69 Å². The number of nitrogens with zero attached hydrogens (tertiary/aromatic N) is 1. The van der Waals surface area contributed by atoms with Crippen molar-refractivity contribution in [2.24, 2.45) is 0 Å². The van der Waals surface area contributed by atoms with E-state index in [1.165, 1.54) is 0 Å². The molecule has 0 atom stereocenters. The molecule has 0 bridgehead atoms. The van der Waals surface area contributed by atoms with Gasteiger partial charge in [0.05, 0.1) is 10.7 Å². The van der Waals surface area contributed by atoms with Crippen LogP contribution < -0.4 is 5.32 Å². The molecule has 16 heavy (non-hydrogen) atoms. The van der Waals surface area contributed by atoms with Gasteiger partial charge in [0.25, 0.3) is 12.5 Å². The molecule has 0 spiro atoms. The lowest BCUT2D eigenvalue weighted by Crippen LogP contribution is -2.22. The first-order valence-electron chi connectivity index (χ1n) is 4.58. The molecule has 0 aliphatic carbocycles. The van der Waals surface area contributed by atoms with Crippen LogP contribution in [0.15, 0.2) is 12.1 Å². The molecule has 86 valence electrons. The zero-order valence-electron chi connectivity index (χ0n) is 8.91. The van der Waals surface area contributed by atoms with Gasteiger partial charge in [0, 0.05) is 4.92 Å². The predicted octanol–water partition coefficient (Wildman–Crippen LogP) is 2.17. The van der Waals surface area contributed by atoms with Crippen molar-refractivity contribution in [3.8, 4) is 0 Å². The quantitative estimate of drug-likeness (QED) is 0.652. The van der Waals surface area contributed by atoms with Gasteiger partial charge in [-0.3, -0.25) is 14.9 Å². The molecule has 0 radical (unpaired) electrons. The average Bonchev–Trinajstić information content (AvgIpc) is 2.09. The lowest BCUT2D eigenvalue weighted by Gasteiger charge is -2.09. The van der Waals surface area contributed by atoms with E-state index in [0.717, 1.165) is 11.1 Å². The Balaban J connectivity index is 2.89. The fourth-order valence-corrected chi connectivity index (χ4v) is 1.74. The van der Waals surface area contributed by atoms with Crippen LogP contribution in [0.25, 0.3) is 0 Å². The molecule has 0 saturated heterocycles. The zero-order valence-corrected chi connectivity index (χ0v) is 9.67. The van der Waals surface area contributed by atoms with Gasteiger partial charge in [-0.25, -0.2) is 0 Å². The monoisotopic (exact) mass is 242 g/mol. The highest BCUT2D eigenvalue weighted by molar-refractivity contribution is 6.34. The molecule has 0 fully saturated rings. The Morgan fingerprint density at radius 1 is 1.50 bits per heavy atom. The molecule has 1 N–H and O–H groups in total. The van der Waals surface area contributed by atoms with Gasteiger partial charge in [-0.05, 0) is 31.0 Å². The van der Waals surface area contributed by atoms with E-state index >= 15 is 0 Å². The number of carbonyl (C=O) groups excluding carboxylic acids is 1. The van der Waals surface area contributed by atoms with Crippen LogP contribution in [-0.4, -0.2) is 17.4 Å². The summed E-state index contributed by atoms with van der Waals surface area (Å²) in [6.45, 7) is 2.89. The molecule has 1 aromatic carbocycles. The second kappa shape index (κ2) is 4.94. The van der Waals surface area contributed by atoms with Gasteiger partial charge in [0.1, 0.15) is 0 Å². The number of hydrogen-bond acceptors (Lipinski definition) is 3. The number of nitrogens with one attached hydrogen (secondary N) is 1. The van der Waals surface area contributed by atoms with Crippen LogP contribution >= 0.6 is 11.6 Å². The summed E-state index contributed by atoms with van der Waals surface area (Å²) in [6.07, 6.45) is 0. The van der Waals surface area contributed by atoms with Gasteiger partial charge in [0.15, 0.2) is 0 Å². The van der Waals surface area contributed by atoms with Gasteiger partial charge in [0.2, 0.25) is 0 Å². The first-order valence-corrected chi connectivity index (χ1v) is 4.96. The SMILES string of the molecule is Cc1cc(C)c(NC(=O)C[N+](=O)[O-])c(Cl)c1. The zero-order chi connectivity index (χ0) is 12.3. The molecule has 1 rings (SSSR count). The third-order valence-electron chi connectivity index (χ3n) is 1.97. The number of halogens is 1. The minimum Gasteiger partial charge on any atom is -0.319 e. The number of benzene rings is 1. The number of carbonyl (C=O) groups is 1. The van der Waals surface area contributed by atoms with E-state index in [0.29, 0.717) is 10.7 Å². The van der Waals surface area contributed by atoms with Gasteiger partial charge >= 0.3 is 0 Å². The van der Waals surface area contributed by atoms with Crippen molar-refractivity contribution in [3.05, 3.63) is 38.4 Å². The van der Waals surface area contributed by atoms with Crippen molar-refractivity contribution >= 4 is 23.2 Å². The van der Waals surface area contributed by atoms with E-state index in [1.807, 2.05) is 13.0 Å². The second-order valence-corrected chi connectivity index (χ2v) is 3.88. The molecule has 0 aliphatic rings. The van der Waals surface area contributed by atoms with E-state index in [2.05, 4.69) is 5.32 Å². The standard InChI is InChI=1S/C10H11ClN2O3/c1-6-3-7(2)10(8(11)4-6)12-9(14)5-13(15)16/h3-4H,5H2,1-2H3,(H,12,14). The molecule has 0 aliphatic heterocycles. The maximum atomic E-state index is 11.2. The van der Waals surface area contributed by atoms with E-state index in [1.54, 1.807) is 13.0 Å². The average molecular weight is 243 g/mol. The third kappa shape index (κ3) is 3.20. The molecular weight excluding hydrogens is 232 g/mol. The lowest BCUT2D eigenvalue weighted by molar-refractivity contribution is -0.467. The van der Waals surface area contributed by atoms with E-state index in [9.17, 15) is 14.9 Å². The van der Waals surface area contributed by atoms with Crippen molar-refractivity contribution in [1.82, 2.24) is 0 Å².